The van der Waals surface area contributed by atoms with Gasteiger partial charge >= 0.3 is 0 Å². The van der Waals surface area contributed by atoms with Crippen LogP contribution in [0.3, 0.4) is 0 Å². The average Bonchev–Trinajstić information content (AvgIpc) is 2.65. The first-order chi connectivity index (χ1) is 11.7. The van der Waals surface area contributed by atoms with Crippen molar-refractivity contribution in [2.45, 2.75) is 13.8 Å². The van der Waals surface area contributed by atoms with Crippen molar-refractivity contribution in [2.75, 3.05) is 6.61 Å². The van der Waals surface area contributed by atoms with Gasteiger partial charge in [0.05, 0.1) is 0 Å². The fourth-order valence-corrected chi connectivity index (χ4v) is 7.13. The van der Waals surface area contributed by atoms with Gasteiger partial charge in [0.1, 0.15) is 0 Å². The molecule has 0 radical (unpaired) electrons. The Labute approximate surface area is 146 Å². The van der Waals surface area contributed by atoms with Crippen molar-refractivity contribution in [2.24, 2.45) is 5.92 Å². The summed E-state index contributed by atoms with van der Waals surface area (Å²) in [5, 5.41) is 3.88. The van der Waals surface area contributed by atoms with Crippen LogP contribution in [0, 0.1) is 5.92 Å². The van der Waals surface area contributed by atoms with Gasteiger partial charge in [-0.1, -0.05) is 105 Å². The molecule has 3 rings (SSSR count). The van der Waals surface area contributed by atoms with E-state index in [1.54, 1.807) is 0 Å². The minimum absolute atomic E-state index is 0.494. The first-order valence-electron chi connectivity index (χ1n) is 8.54. The normalized spacial score (nSPS) is 11.6. The van der Waals surface area contributed by atoms with Crippen molar-refractivity contribution in [3.63, 3.8) is 0 Å². The Morgan fingerprint density at radius 2 is 0.958 bits per heavy atom. The molecule has 3 aromatic rings. The fraction of sp³-hybridized carbons (Fsp3) is 0.182. The summed E-state index contributed by atoms with van der Waals surface area (Å²) in [5.41, 5.74) is 0. The van der Waals surface area contributed by atoms with Crippen LogP contribution >= 0.6 is 0 Å². The fourth-order valence-electron chi connectivity index (χ4n) is 3.06. The molecular weight excluding hydrogens is 308 g/mol. The summed E-state index contributed by atoms with van der Waals surface area (Å²) in [4.78, 5) is 0. The molecule has 3 aromatic carbocycles. The maximum atomic E-state index is 6.79. The molecule has 0 aliphatic rings. The molecule has 0 aliphatic carbocycles. The van der Waals surface area contributed by atoms with Gasteiger partial charge in [-0.15, -0.1) is 0 Å². The van der Waals surface area contributed by atoms with E-state index >= 15 is 0 Å². The molecule has 0 N–H and O–H groups in total. The Balaban J connectivity index is 2.24. The predicted molar refractivity (Wildman–Crippen MR) is 105 cm³/mol. The van der Waals surface area contributed by atoms with Gasteiger partial charge in [-0.2, -0.15) is 0 Å². The molecule has 0 aromatic heterocycles. The lowest BCUT2D eigenvalue weighted by Crippen LogP contribution is -2.69. The second-order valence-electron chi connectivity index (χ2n) is 6.48. The monoisotopic (exact) mass is 332 g/mol. The third-order valence-corrected chi connectivity index (χ3v) is 8.21. The molecule has 0 aliphatic heterocycles. The highest BCUT2D eigenvalue weighted by molar-refractivity contribution is 7.07. The van der Waals surface area contributed by atoms with Gasteiger partial charge in [0.25, 0.3) is 8.32 Å². The zero-order valence-electron chi connectivity index (χ0n) is 14.4. The molecule has 1 nitrogen and oxygen atoms in total. The summed E-state index contributed by atoms with van der Waals surface area (Å²) in [5.74, 6) is 0.494. The van der Waals surface area contributed by atoms with Crippen LogP contribution in [0.1, 0.15) is 13.8 Å². The van der Waals surface area contributed by atoms with Crippen molar-refractivity contribution in [3.05, 3.63) is 91.0 Å². The van der Waals surface area contributed by atoms with Gasteiger partial charge in [0, 0.05) is 6.61 Å². The lowest BCUT2D eigenvalue weighted by Gasteiger charge is -2.33. The van der Waals surface area contributed by atoms with Gasteiger partial charge in [-0.25, -0.2) is 0 Å². The average molecular weight is 333 g/mol. The Morgan fingerprint density at radius 1 is 0.625 bits per heavy atom. The van der Waals surface area contributed by atoms with Crippen LogP contribution in [-0.2, 0) is 4.43 Å². The maximum Gasteiger partial charge on any atom is 0.288 e. The lowest BCUT2D eigenvalue weighted by atomic mass is 10.2. The van der Waals surface area contributed by atoms with Gasteiger partial charge in [-0.05, 0) is 21.5 Å². The summed E-state index contributed by atoms with van der Waals surface area (Å²) in [6, 6.07) is 32.2. The Hall–Kier alpha value is -2.16. The van der Waals surface area contributed by atoms with Crippen molar-refractivity contribution >= 4 is 23.9 Å². The van der Waals surface area contributed by atoms with Gasteiger partial charge in [-0.3, -0.25) is 0 Å². The lowest BCUT2D eigenvalue weighted by molar-refractivity contribution is 0.274. The molecule has 0 saturated heterocycles. The van der Waals surface area contributed by atoms with Gasteiger partial charge < -0.3 is 4.43 Å². The van der Waals surface area contributed by atoms with Gasteiger partial charge in [0.15, 0.2) is 0 Å². The van der Waals surface area contributed by atoms with Crippen molar-refractivity contribution < 1.29 is 4.43 Å². The van der Waals surface area contributed by atoms with E-state index in [0.29, 0.717) is 5.92 Å². The minimum atomic E-state index is -2.49. The zero-order chi connectivity index (χ0) is 16.8. The van der Waals surface area contributed by atoms with E-state index in [1.807, 2.05) is 0 Å². The standard InChI is InChI=1S/C22H24OSi/c1-19(2)18-23-24(20-12-6-3-7-13-20,21-14-8-4-9-15-21)22-16-10-5-11-17-22/h3-17,19H,18H2,1-2H3. The zero-order valence-corrected chi connectivity index (χ0v) is 15.4. The van der Waals surface area contributed by atoms with Crippen LogP contribution in [0.25, 0.3) is 0 Å². The third kappa shape index (κ3) is 3.35. The molecule has 0 amide bonds. The molecule has 122 valence electrons. The first kappa shape index (κ1) is 16.7. The molecule has 2 heteroatoms. The summed E-state index contributed by atoms with van der Waals surface area (Å²) >= 11 is 0. The molecular formula is C22H24OSi. The first-order valence-corrected chi connectivity index (χ1v) is 10.4. The highest BCUT2D eigenvalue weighted by atomic mass is 28.4. The smallest absolute Gasteiger partial charge is 0.288 e. The Kier molecular flexibility index (Phi) is 5.29. The molecule has 0 saturated carbocycles. The van der Waals surface area contributed by atoms with Crippen LogP contribution in [0.15, 0.2) is 91.0 Å². The predicted octanol–water partition coefficient (Wildman–Crippen LogP) is 3.33. The maximum absolute atomic E-state index is 6.79. The summed E-state index contributed by atoms with van der Waals surface area (Å²) in [7, 11) is -2.49. The van der Waals surface area contributed by atoms with E-state index in [9.17, 15) is 0 Å². The number of hydrogen-bond acceptors (Lipinski definition) is 1. The molecule has 0 heterocycles. The molecule has 0 unspecified atom stereocenters. The second kappa shape index (κ2) is 7.60. The van der Waals surface area contributed by atoms with Crippen LogP contribution < -0.4 is 15.6 Å². The van der Waals surface area contributed by atoms with Crippen LogP contribution in [0.4, 0.5) is 0 Å². The largest absolute Gasteiger partial charge is 0.404 e. The topological polar surface area (TPSA) is 9.23 Å². The number of hydrogen-bond donors (Lipinski definition) is 0. The van der Waals surface area contributed by atoms with Crippen molar-refractivity contribution in [1.82, 2.24) is 0 Å². The highest BCUT2D eigenvalue weighted by Gasteiger charge is 2.41. The van der Waals surface area contributed by atoms with E-state index in [1.165, 1.54) is 15.6 Å². The molecule has 0 atom stereocenters. The number of benzene rings is 3. The Morgan fingerprint density at radius 3 is 1.25 bits per heavy atom. The van der Waals surface area contributed by atoms with E-state index in [-0.39, 0.29) is 0 Å². The van der Waals surface area contributed by atoms with Crippen LogP contribution in [0.5, 0.6) is 0 Å². The van der Waals surface area contributed by atoms with E-state index in [2.05, 4.69) is 105 Å². The van der Waals surface area contributed by atoms with E-state index in [0.717, 1.165) is 6.61 Å². The summed E-state index contributed by atoms with van der Waals surface area (Å²) in [6.45, 7) is 5.17. The van der Waals surface area contributed by atoms with E-state index in [4.69, 9.17) is 4.43 Å². The SMILES string of the molecule is CC(C)CO[Si](c1ccccc1)(c1ccccc1)c1ccccc1. The highest BCUT2D eigenvalue weighted by Crippen LogP contribution is 2.11. The molecule has 0 bridgehead atoms. The summed E-state index contributed by atoms with van der Waals surface area (Å²) in [6.07, 6.45) is 0. The second-order valence-corrected chi connectivity index (χ2v) is 9.87. The minimum Gasteiger partial charge on any atom is -0.404 e. The van der Waals surface area contributed by atoms with Crippen LogP contribution in [0.2, 0.25) is 0 Å². The summed E-state index contributed by atoms with van der Waals surface area (Å²) < 4.78 is 6.79. The number of rotatable bonds is 6. The van der Waals surface area contributed by atoms with Crippen LogP contribution in [-0.4, -0.2) is 14.9 Å². The van der Waals surface area contributed by atoms with E-state index < -0.39 is 8.32 Å². The quantitative estimate of drug-likeness (QED) is 0.497. The third-order valence-electron chi connectivity index (χ3n) is 4.17. The molecule has 24 heavy (non-hydrogen) atoms. The molecule has 0 spiro atoms. The molecule has 0 fully saturated rings. The van der Waals surface area contributed by atoms with Gasteiger partial charge in [0.2, 0.25) is 0 Å². The van der Waals surface area contributed by atoms with Crippen molar-refractivity contribution in [3.8, 4) is 0 Å². The van der Waals surface area contributed by atoms with Crippen molar-refractivity contribution in [1.29, 1.82) is 0 Å². The Bertz CT molecular complexity index is 642.